The van der Waals surface area contributed by atoms with Crippen molar-refractivity contribution in [3.8, 4) is 0 Å². The standard InChI is InChI=1S/C12H20ClN3O2S/c1-2-11-14-8-12(15-11)19(17,18)16-10-7-5-3-4-6-9(10)13/h8-10,16H,2-7H2,1H3,(H,14,15). The maximum Gasteiger partial charge on any atom is 0.257 e. The third kappa shape index (κ3) is 3.70. The molecule has 5 nitrogen and oxygen atoms in total. The summed E-state index contributed by atoms with van der Waals surface area (Å²) in [6.45, 7) is 1.92. The van der Waals surface area contributed by atoms with Crippen LogP contribution >= 0.6 is 11.6 Å². The lowest BCUT2D eigenvalue weighted by molar-refractivity contribution is 0.512. The second kappa shape index (κ2) is 6.24. The van der Waals surface area contributed by atoms with Crippen LogP contribution in [0.1, 0.15) is 44.9 Å². The summed E-state index contributed by atoms with van der Waals surface area (Å²) in [5, 5.41) is -0.0108. The van der Waals surface area contributed by atoms with Crippen molar-refractivity contribution in [2.75, 3.05) is 0 Å². The van der Waals surface area contributed by atoms with Gasteiger partial charge in [-0.1, -0.05) is 26.2 Å². The van der Waals surface area contributed by atoms with Gasteiger partial charge in [-0.3, -0.25) is 0 Å². The van der Waals surface area contributed by atoms with E-state index in [1.807, 2.05) is 6.92 Å². The minimum absolute atomic E-state index is 0.123. The number of alkyl halides is 1. The molecule has 2 N–H and O–H groups in total. The number of sulfonamides is 1. The number of nitrogens with one attached hydrogen (secondary N) is 2. The van der Waals surface area contributed by atoms with Crippen LogP contribution < -0.4 is 4.72 Å². The molecule has 2 rings (SSSR count). The van der Waals surface area contributed by atoms with Gasteiger partial charge in [-0.15, -0.1) is 11.6 Å². The fourth-order valence-corrected chi connectivity index (χ4v) is 3.99. The van der Waals surface area contributed by atoms with Gasteiger partial charge in [0.15, 0.2) is 5.03 Å². The van der Waals surface area contributed by atoms with E-state index in [-0.39, 0.29) is 16.4 Å². The first-order chi connectivity index (χ1) is 9.03. The maximum atomic E-state index is 12.2. The zero-order valence-corrected chi connectivity index (χ0v) is 12.6. The molecule has 0 radical (unpaired) electrons. The van der Waals surface area contributed by atoms with Crippen molar-refractivity contribution in [1.29, 1.82) is 0 Å². The second-order valence-electron chi connectivity index (χ2n) is 4.93. The van der Waals surface area contributed by atoms with Crippen molar-refractivity contribution in [2.24, 2.45) is 0 Å². The Balaban J connectivity index is 2.11. The van der Waals surface area contributed by atoms with Crippen molar-refractivity contribution < 1.29 is 8.42 Å². The predicted molar refractivity (Wildman–Crippen MR) is 74.8 cm³/mol. The molecule has 1 fully saturated rings. The van der Waals surface area contributed by atoms with Crippen LogP contribution in [0.5, 0.6) is 0 Å². The van der Waals surface area contributed by atoms with E-state index >= 15 is 0 Å². The van der Waals surface area contributed by atoms with Crippen LogP contribution in [0.15, 0.2) is 11.2 Å². The Morgan fingerprint density at radius 2 is 2.16 bits per heavy atom. The maximum absolute atomic E-state index is 12.2. The van der Waals surface area contributed by atoms with Crippen molar-refractivity contribution in [2.45, 2.75) is 61.9 Å². The number of aromatic amines is 1. The Kier molecular flexibility index (Phi) is 4.86. The first kappa shape index (κ1) is 14.8. The number of hydrogen-bond donors (Lipinski definition) is 2. The molecule has 108 valence electrons. The van der Waals surface area contributed by atoms with Crippen LogP contribution in [-0.4, -0.2) is 29.8 Å². The minimum atomic E-state index is -3.55. The quantitative estimate of drug-likeness (QED) is 0.661. The second-order valence-corrected chi connectivity index (χ2v) is 7.17. The van der Waals surface area contributed by atoms with Gasteiger partial charge >= 0.3 is 0 Å². The summed E-state index contributed by atoms with van der Waals surface area (Å²) in [5.74, 6) is 0.670. The average molecular weight is 306 g/mol. The lowest BCUT2D eigenvalue weighted by Crippen LogP contribution is -2.40. The number of H-pyrrole nitrogens is 1. The number of nitrogens with zero attached hydrogens (tertiary/aromatic N) is 1. The monoisotopic (exact) mass is 305 g/mol. The summed E-state index contributed by atoms with van der Waals surface area (Å²) in [5.41, 5.74) is 0. The Bertz CT molecular complexity index is 515. The number of hydrogen-bond acceptors (Lipinski definition) is 3. The number of aromatic nitrogens is 2. The SMILES string of the molecule is CCc1ncc(S(=O)(=O)NC2CCCCCC2Cl)[nH]1. The molecule has 1 heterocycles. The highest BCUT2D eigenvalue weighted by Crippen LogP contribution is 2.23. The predicted octanol–water partition coefficient (Wildman–Crippen LogP) is 2.19. The van der Waals surface area contributed by atoms with E-state index in [2.05, 4.69) is 14.7 Å². The zero-order chi connectivity index (χ0) is 13.9. The lowest BCUT2D eigenvalue weighted by Gasteiger charge is -2.20. The highest BCUT2D eigenvalue weighted by atomic mass is 35.5. The van der Waals surface area contributed by atoms with Gasteiger partial charge in [0.25, 0.3) is 10.0 Å². The van der Waals surface area contributed by atoms with Gasteiger partial charge in [-0.25, -0.2) is 18.1 Å². The highest BCUT2D eigenvalue weighted by molar-refractivity contribution is 7.89. The molecule has 0 aliphatic heterocycles. The van der Waals surface area contributed by atoms with Gasteiger partial charge in [-0.2, -0.15) is 0 Å². The van der Waals surface area contributed by atoms with E-state index in [0.717, 1.165) is 32.1 Å². The molecular weight excluding hydrogens is 286 g/mol. The van der Waals surface area contributed by atoms with E-state index in [1.54, 1.807) is 0 Å². The van der Waals surface area contributed by atoms with Crippen molar-refractivity contribution in [1.82, 2.24) is 14.7 Å². The van der Waals surface area contributed by atoms with Crippen LogP contribution in [0.25, 0.3) is 0 Å². The Morgan fingerprint density at radius 3 is 2.84 bits per heavy atom. The molecule has 2 atom stereocenters. The summed E-state index contributed by atoms with van der Waals surface area (Å²) in [6, 6.07) is -0.192. The zero-order valence-electron chi connectivity index (χ0n) is 11.0. The van der Waals surface area contributed by atoms with Crippen molar-refractivity contribution in [3.05, 3.63) is 12.0 Å². The molecule has 0 spiro atoms. The summed E-state index contributed by atoms with van der Waals surface area (Å²) in [6.07, 6.45) is 6.89. The molecule has 19 heavy (non-hydrogen) atoms. The molecule has 0 saturated heterocycles. The minimum Gasteiger partial charge on any atom is -0.332 e. The van der Waals surface area contributed by atoms with Gasteiger partial charge in [0.2, 0.25) is 0 Å². The number of rotatable bonds is 4. The molecule has 1 aromatic heterocycles. The van der Waals surface area contributed by atoms with Gasteiger partial charge in [0.1, 0.15) is 5.82 Å². The van der Waals surface area contributed by atoms with Gasteiger partial charge < -0.3 is 4.98 Å². The number of imidazole rings is 1. The Morgan fingerprint density at radius 1 is 1.42 bits per heavy atom. The van der Waals surface area contributed by atoms with Crippen molar-refractivity contribution >= 4 is 21.6 Å². The summed E-state index contributed by atoms with van der Waals surface area (Å²) in [7, 11) is -3.55. The Hall–Kier alpha value is -0.590. The third-order valence-electron chi connectivity index (χ3n) is 3.47. The smallest absolute Gasteiger partial charge is 0.257 e. The molecule has 1 saturated carbocycles. The number of aryl methyl sites for hydroxylation is 1. The molecule has 0 aromatic carbocycles. The fraction of sp³-hybridized carbons (Fsp3) is 0.750. The van der Waals surface area contributed by atoms with Crippen LogP contribution in [0.4, 0.5) is 0 Å². The lowest BCUT2D eigenvalue weighted by atomic mass is 10.1. The Labute approximate surface area is 119 Å². The molecule has 0 amide bonds. The molecule has 1 aromatic rings. The summed E-state index contributed by atoms with van der Waals surface area (Å²) < 4.78 is 27.2. The van der Waals surface area contributed by atoms with E-state index in [0.29, 0.717) is 12.2 Å². The van der Waals surface area contributed by atoms with Crippen LogP contribution in [0.2, 0.25) is 0 Å². The molecule has 1 aliphatic rings. The van der Waals surface area contributed by atoms with Crippen LogP contribution in [0.3, 0.4) is 0 Å². The molecule has 2 unspecified atom stereocenters. The van der Waals surface area contributed by atoms with Gasteiger partial charge in [-0.05, 0) is 12.8 Å². The van der Waals surface area contributed by atoms with Crippen LogP contribution in [-0.2, 0) is 16.4 Å². The first-order valence-electron chi connectivity index (χ1n) is 6.73. The topological polar surface area (TPSA) is 74.8 Å². The average Bonchev–Trinajstić information content (AvgIpc) is 2.78. The van der Waals surface area contributed by atoms with Crippen molar-refractivity contribution in [3.63, 3.8) is 0 Å². The summed E-state index contributed by atoms with van der Waals surface area (Å²) in [4.78, 5) is 6.84. The first-order valence-corrected chi connectivity index (χ1v) is 8.65. The van der Waals surface area contributed by atoms with Crippen LogP contribution in [0, 0.1) is 0 Å². The molecule has 1 aliphatic carbocycles. The third-order valence-corrected chi connectivity index (χ3v) is 5.39. The van der Waals surface area contributed by atoms with Gasteiger partial charge in [0, 0.05) is 17.8 Å². The van der Waals surface area contributed by atoms with E-state index in [1.165, 1.54) is 6.20 Å². The number of halogens is 1. The molecular formula is C12H20ClN3O2S. The summed E-state index contributed by atoms with van der Waals surface area (Å²) >= 11 is 6.26. The van der Waals surface area contributed by atoms with Gasteiger partial charge in [0.05, 0.1) is 6.20 Å². The van der Waals surface area contributed by atoms with E-state index in [9.17, 15) is 8.42 Å². The largest absolute Gasteiger partial charge is 0.332 e. The fourth-order valence-electron chi connectivity index (χ4n) is 2.32. The van der Waals surface area contributed by atoms with E-state index < -0.39 is 10.0 Å². The highest BCUT2D eigenvalue weighted by Gasteiger charge is 2.28. The molecule has 7 heteroatoms. The normalized spacial score (nSPS) is 25.2. The van der Waals surface area contributed by atoms with E-state index in [4.69, 9.17) is 11.6 Å². The molecule has 0 bridgehead atoms.